The molecular weight excluding hydrogens is 677 g/mol. The molecule has 7 nitrogen and oxygen atoms in total. The summed E-state index contributed by atoms with van der Waals surface area (Å²) in [4.78, 5) is 37.2. The first-order chi connectivity index (χ1) is 26.2. The molecule has 0 bridgehead atoms. The van der Waals surface area contributed by atoms with Gasteiger partial charge in [-0.1, -0.05) is 161 Å². The number of carbonyl (C=O) groups excluding carboxylic acids is 2. The van der Waals surface area contributed by atoms with Crippen molar-refractivity contribution in [3.8, 4) is 0 Å². The summed E-state index contributed by atoms with van der Waals surface area (Å²) in [6.45, 7) is 10.5. The molecule has 2 heterocycles. The van der Waals surface area contributed by atoms with E-state index in [1.165, 1.54) is 110 Å². The molecule has 2 saturated heterocycles. The third-order valence-electron chi connectivity index (χ3n) is 12.1. The second-order valence-corrected chi connectivity index (χ2v) is 16.9. The maximum absolute atomic E-state index is 13.4. The van der Waals surface area contributed by atoms with E-state index in [0.717, 1.165) is 81.8 Å². The second-order valence-electron chi connectivity index (χ2n) is 16.9. The molecule has 0 N–H and O–H groups in total. The Morgan fingerprint density at radius 3 is 2.00 bits per heavy atom. The van der Waals surface area contributed by atoms with E-state index in [1.807, 2.05) is 13.8 Å². The molecule has 0 spiro atoms. The van der Waals surface area contributed by atoms with Crippen LogP contribution in [0.4, 0.5) is 0 Å². The summed E-state index contributed by atoms with van der Waals surface area (Å²) in [6, 6.07) is 0. The molecule has 0 aromatic heterocycles. The Morgan fingerprint density at radius 1 is 0.796 bits per heavy atom. The van der Waals surface area contributed by atoms with Crippen LogP contribution in [-0.4, -0.2) is 48.9 Å². The molecule has 5 atom stereocenters. The molecule has 0 saturated carbocycles. The van der Waals surface area contributed by atoms with Gasteiger partial charge in [-0.3, -0.25) is 9.59 Å². The quantitative estimate of drug-likeness (QED) is 0.0169. The molecule has 7 heteroatoms. The van der Waals surface area contributed by atoms with Crippen molar-refractivity contribution >= 4 is 11.8 Å². The number of allylic oxidation sites excluding steroid dienone is 2. The number of fused-ring (bicyclic) bond motifs is 1. The van der Waals surface area contributed by atoms with Crippen LogP contribution in [0, 0.1) is 0 Å². The number of epoxide rings is 1. The van der Waals surface area contributed by atoms with Gasteiger partial charge in [-0.05, 0) is 70.4 Å². The monoisotopic (exact) mass is 757 g/mol. The van der Waals surface area contributed by atoms with Crippen molar-refractivity contribution in [2.75, 3.05) is 7.11 Å². The van der Waals surface area contributed by atoms with Gasteiger partial charge < -0.3 is 19.1 Å². The van der Waals surface area contributed by atoms with Crippen LogP contribution >= 0.6 is 0 Å². The highest BCUT2D eigenvalue weighted by Crippen LogP contribution is 2.43. The van der Waals surface area contributed by atoms with Crippen LogP contribution in [0.15, 0.2) is 34.6 Å². The van der Waals surface area contributed by atoms with Crippen LogP contribution < -0.4 is 0 Å². The van der Waals surface area contributed by atoms with E-state index in [0.29, 0.717) is 23.9 Å². The van der Waals surface area contributed by atoms with Gasteiger partial charge in [-0.25, -0.2) is 0 Å². The van der Waals surface area contributed by atoms with E-state index in [-0.39, 0.29) is 35.7 Å². The van der Waals surface area contributed by atoms with Crippen LogP contribution in [0.2, 0.25) is 0 Å². The molecule has 0 unspecified atom stereocenters. The van der Waals surface area contributed by atoms with Gasteiger partial charge in [0.05, 0.1) is 18.8 Å². The summed E-state index contributed by atoms with van der Waals surface area (Å²) in [6.07, 6.45) is 36.7. The fourth-order valence-electron chi connectivity index (χ4n) is 8.18. The Hall–Kier alpha value is -1.96. The SMILES string of the molecule is CCCCCCCCCCCCCCCC[C@]1(C)CCC2=C(C)C(=O)C(C)=C(OO[C@@H](/C=C/[C@@H]3O[C@H]3CCCCC)CCCCCCCC(=O)OC)[C@H]2O1. The minimum Gasteiger partial charge on any atom is -0.469 e. The van der Waals surface area contributed by atoms with Gasteiger partial charge in [0.1, 0.15) is 18.3 Å². The largest absolute Gasteiger partial charge is 0.469 e. The first kappa shape index (κ1) is 46.4. The molecule has 0 amide bonds. The molecule has 1 aliphatic carbocycles. The predicted molar refractivity (Wildman–Crippen MR) is 220 cm³/mol. The van der Waals surface area contributed by atoms with Crippen molar-refractivity contribution in [3.05, 3.63) is 34.6 Å². The maximum Gasteiger partial charge on any atom is 0.305 e. The predicted octanol–water partition coefficient (Wildman–Crippen LogP) is 13.1. The molecule has 0 aromatic carbocycles. The highest BCUT2D eigenvalue weighted by molar-refractivity contribution is 6.09. The molecular formula is C47H80O7. The summed E-state index contributed by atoms with van der Waals surface area (Å²) in [5, 5.41) is 0. The topological polar surface area (TPSA) is 83.6 Å². The van der Waals surface area contributed by atoms with Crippen molar-refractivity contribution in [2.45, 2.75) is 244 Å². The Labute approximate surface area is 330 Å². The van der Waals surface area contributed by atoms with Gasteiger partial charge in [0.25, 0.3) is 0 Å². The van der Waals surface area contributed by atoms with Crippen LogP contribution in [0.5, 0.6) is 0 Å². The zero-order chi connectivity index (χ0) is 39.0. The minimum atomic E-state index is -0.387. The Bertz CT molecular complexity index is 1170. The van der Waals surface area contributed by atoms with Crippen LogP contribution in [0.3, 0.4) is 0 Å². The van der Waals surface area contributed by atoms with Crippen molar-refractivity contribution in [1.82, 2.24) is 0 Å². The Kier molecular flexibility index (Phi) is 23.1. The number of rotatable bonds is 32. The molecule has 310 valence electrons. The molecule has 2 fully saturated rings. The number of methoxy groups -OCH3 is 1. The number of esters is 1. The summed E-state index contributed by atoms with van der Waals surface area (Å²) < 4.78 is 17.6. The summed E-state index contributed by atoms with van der Waals surface area (Å²) in [5.74, 6) is 0.408. The highest BCUT2D eigenvalue weighted by atomic mass is 17.2. The summed E-state index contributed by atoms with van der Waals surface area (Å²) in [7, 11) is 1.44. The highest BCUT2D eigenvalue weighted by Gasteiger charge is 2.43. The zero-order valence-corrected chi connectivity index (χ0v) is 35.6. The number of hydrogen-bond acceptors (Lipinski definition) is 7. The number of ketones is 1. The molecule has 0 radical (unpaired) electrons. The van der Waals surface area contributed by atoms with E-state index in [2.05, 4.69) is 32.9 Å². The Balaban J connectivity index is 1.48. The van der Waals surface area contributed by atoms with Gasteiger partial charge in [-0.2, -0.15) is 4.89 Å². The van der Waals surface area contributed by atoms with Crippen molar-refractivity contribution in [2.24, 2.45) is 0 Å². The minimum absolute atomic E-state index is 0.0272. The lowest BCUT2D eigenvalue weighted by Crippen LogP contribution is -2.43. The molecule has 2 aliphatic heterocycles. The van der Waals surface area contributed by atoms with Gasteiger partial charge >= 0.3 is 5.97 Å². The van der Waals surface area contributed by atoms with Gasteiger partial charge in [0.15, 0.2) is 11.5 Å². The number of Topliss-reactive ketones (excluding diaryl/α,β-unsaturated/α-hetero) is 1. The average Bonchev–Trinajstić information content (AvgIpc) is 3.93. The third-order valence-corrected chi connectivity index (χ3v) is 12.1. The fraction of sp³-hybridized carbons (Fsp3) is 0.830. The summed E-state index contributed by atoms with van der Waals surface area (Å²) in [5.41, 5.74) is 2.16. The molecule has 54 heavy (non-hydrogen) atoms. The van der Waals surface area contributed by atoms with E-state index < -0.39 is 0 Å². The van der Waals surface area contributed by atoms with Crippen molar-refractivity contribution < 1.29 is 33.6 Å². The van der Waals surface area contributed by atoms with Crippen LogP contribution in [-0.2, 0) is 33.6 Å². The number of ether oxygens (including phenoxy) is 3. The lowest BCUT2D eigenvalue weighted by molar-refractivity contribution is -0.298. The standard InChI is InChI=1S/C47H80O7/c1-7-9-11-12-13-14-15-16-17-18-19-20-24-28-35-47(5)36-34-40-37(3)44(49)38(4)45(46(40)52-47)54-53-39(29-26-22-21-23-27-31-43(48)50-6)32-33-42-41(51-42)30-25-10-8-2/h32-33,39,41-42,46H,7-31,34-36H2,1-6H3/b33-32+/t39-,41+,42+,46+,47-/m1/s1. The average molecular weight is 757 g/mol. The van der Waals surface area contributed by atoms with E-state index >= 15 is 0 Å². The van der Waals surface area contributed by atoms with Crippen LogP contribution in [0.25, 0.3) is 0 Å². The van der Waals surface area contributed by atoms with E-state index in [9.17, 15) is 9.59 Å². The van der Waals surface area contributed by atoms with Gasteiger partial charge in [0, 0.05) is 12.0 Å². The number of hydrogen-bond donors (Lipinski definition) is 0. The third kappa shape index (κ3) is 17.5. The van der Waals surface area contributed by atoms with E-state index in [1.54, 1.807) is 0 Å². The van der Waals surface area contributed by atoms with Gasteiger partial charge in [0.2, 0.25) is 0 Å². The fourth-order valence-corrected chi connectivity index (χ4v) is 8.18. The molecule has 3 aliphatic rings. The molecule has 0 aromatic rings. The van der Waals surface area contributed by atoms with Crippen molar-refractivity contribution in [1.29, 1.82) is 0 Å². The van der Waals surface area contributed by atoms with Crippen LogP contribution in [0.1, 0.15) is 214 Å². The first-order valence-corrected chi connectivity index (χ1v) is 22.6. The lowest BCUT2D eigenvalue weighted by Gasteiger charge is -2.43. The zero-order valence-electron chi connectivity index (χ0n) is 35.6. The number of unbranched alkanes of at least 4 members (excludes halogenated alkanes) is 19. The van der Waals surface area contributed by atoms with E-state index in [4.69, 9.17) is 24.0 Å². The normalized spacial score (nSPS) is 23.3. The van der Waals surface area contributed by atoms with Gasteiger partial charge in [-0.15, -0.1) is 0 Å². The molecule has 3 rings (SSSR count). The smallest absolute Gasteiger partial charge is 0.305 e. The number of carbonyl (C=O) groups is 2. The Morgan fingerprint density at radius 2 is 1.37 bits per heavy atom. The second kappa shape index (κ2) is 26.8. The summed E-state index contributed by atoms with van der Waals surface area (Å²) >= 11 is 0. The first-order valence-electron chi connectivity index (χ1n) is 22.6. The maximum atomic E-state index is 13.4. The van der Waals surface area contributed by atoms with Crippen molar-refractivity contribution in [3.63, 3.8) is 0 Å². The lowest BCUT2D eigenvalue weighted by atomic mass is 9.79.